The molecule has 6 heteroatoms. The lowest BCUT2D eigenvalue weighted by Crippen LogP contribution is -2.47. The highest BCUT2D eigenvalue weighted by Crippen LogP contribution is 2.31. The maximum Gasteiger partial charge on any atom is 0.256 e. The van der Waals surface area contributed by atoms with E-state index in [-0.39, 0.29) is 5.91 Å². The molecule has 1 N–H and O–H groups in total. The molecular formula is C24H40N2O4. The van der Waals surface area contributed by atoms with E-state index in [1.54, 1.807) is 0 Å². The molecule has 0 aliphatic carbocycles. The van der Waals surface area contributed by atoms with Gasteiger partial charge in [-0.15, -0.1) is 0 Å². The average molecular weight is 421 g/mol. The first-order valence-electron chi connectivity index (χ1n) is 11.3. The van der Waals surface area contributed by atoms with Crippen LogP contribution in [0.2, 0.25) is 0 Å². The number of nitrogens with one attached hydrogen (secondary N) is 1. The highest BCUT2D eigenvalue weighted by molar-refractivity contribution is 5.97. The Morgan fingerprint density at radius 1 is 1.10 bits per heavy atom. The standard InChI is InChI=1S/C24H40N2O4/c1-6-30-24(17-19(2)3,18-20(4)5)23(27)25-21-7-9-22(10-8-21)29-16-13-26-11-14-28-15-12-26/h7-10,19-20H,6,11-18H2,1-5H3,(H,25,27). The number of ether oxygens (including phenoxy) is 3. The minimum Gasteiger partial charge on any atom is -0.492 e. The monoisotopic (exact) mass is 420 g/mol. The third-order valence-corrected chi connectivity index (χ3v) is 5.20. The molecule has 30 heavy (non-hydrogen) atoms. The number of hydrogen-bond donors (Lipinski definition) is 1. The minimum absolute atomic E-state index is 0.0623. The van der Waals surface area contributed by atoms with E-state index in [1.165, 1.54) is 0 Å². The summed E-state index contributed by atoms with van der Waals surface area (Å²) in [6.45, 7) is 16.0. The first kappa shape index (κ1) is 24.6. The molecule has 1 fully saturated rings. The molecule has 0 aromatic heterocycles. The van der Waals surface area contributed by atoms with Crippen LogP contribution in [0.4, 0.5) is 5.69 Å². The van der Waals surface area contributed by atoms with Crippen molar-refractivity contribution in [2.75, 3.05) is 51.4 Å². The molecule has 1 saturated heterocycles. The summed E-state index contributed by atoms with van der Waals surface area (Å²) >= 11 is 0. The van der Waals surface area contributed by atoms with Crippen LogP contribution in [-0.4, -0.2) is 62.5 Å². The second kappa shape index (κ2) is 12.3. The molecule has 1 aliphatic heterocycles. The van der Waals surface area contributed by atoms with Crippen molar-refractivity contribution in [2.24, 2.45) is 11.8 Å². The number of anilines is 1. The number of hydrogen-bond acceptors (Lipinski definition) is 5. The van der Waals surface area contributed by atoms with Crippen molar-refractivity contribution in [3.63, 3.8) is 0 Å². The van der Waals surface area contributed by atoms with E-state index in [1.807, 2.05) is 31.2 Å². The van der Waals surface area contributed by atoms with Crippen LogP contribution >= 0.6 is 0 Å². The molecule has 170 valence electrons. The molecule has 0 atom stereocenters. The molecule has 0 spiro atoms. The number of carbonyl (C=O) groups excluding carboxylic acids is 1. The Kier molecular flexibility index (Phi) is 10.1. The van der Waals surface area contributed by atoms with Crippen molar-refractivity contribution in [2.45, 2.75) is 53.1 Å². The summed E-state index contributed by atoms with van der Waals surface area (Å²) in [6.07, 6.45) is 1.40. The fourth-order valence-electron chi connectivity index (χ4n) is 4.04. The Balaban J connectivity index is 1.94. The predicted molar refractivity (Wildman–Crippen MR) is 121 cm³/mol. The Hall–Kier alpha value is -1.63. The fraction of sp³-hybridized carbons (Fsp3) is 0.708. The number of nitrogens with zero attached hydrogens (tertiary/aromatic N) is 1. The van der Waals surface area contributed by atoms with Crippen molar-refractivity contribution in [3.8, 4) is 5.75 Å². The van der Waals surface area contributed by atoms with Gasteiger partial charge in [0.15, 0.2) is 0 Å². The van der Waals surface area contributed by atoms with Crippen LogP contribution in [0.25, 0.3) is 0 Å². The summed E-state index contributed by atoms with van der Waals surface area (Å²) in [6, 6.07) is 7.59. The van der Waals surface area contributed by atoms with Crippen LogP contribution in [0, 0.1) is 11.8 Å². The van der Waals surface area contributed by atoms with Gasteiger partial charge in [-0.25, -0.2) is 0 Å². The van der Waals surface area contributed by atoms with Gasteiger partial charge in [0.2, 0.25) is 0 Å². The molecule has 1 aromatic rings. The Labute approximate surface area is 182 Å². The first-order valence-corrected chi connectivity index (χ1v) is 11.3. The van der Waals surface area contributed by atoms with E-state index in [4.69, 9.17) is 14.2 Å². The van der Waals surface area contributed by atoms with Crippen LogP contribution < -0.4 is 10.1 Å². The van der Waals surface area contributed by atoms with Gasteiger partial charge in [0.1, 0.15) is 18.0 Å². The van der Waals surface area contributed by atoms with Gasteiger partial charge in [0.05, 0.1) is 13.2 Å². The summed E-state index contributed by atoms with van der Waals surface area (Å²) < 4.78 is 17.3. The van der Waals surface area contributed by atoms with Crippen LogP contribution in [0.3, 0.4) is 0 Å². The maximum atomic E-state index is 13.2. The minimum atomic E-state index is -0.801. The van der Waals surface area contributed by atoms with E-state index >= 15 is 0 Å². The number of morpholine rings is 1. The molecule has 0 bridgehead atoms. The molecule has 1 amide bonds. The number of carbonyl (C=O) groups is 1. The molecule has 1 heterocycles. The van der Waals surface area contributed by atoms with E-state index in [2.05, 4.69) is 37.9 Å². The normalized spacial score (nSPS) is 15.6. The smallest absolute Gasteiger partial charge is 0.256 e. The third kappa shape index (κ3) is 7.89. The van der Waals surface area contributed by atoms with Gasteiger partial charge in [-0.2, -0.15) is 0 Å². The van der Waals surface area contributed by atoms with Crippen LogP contribution in [0.5, 0.6) is 5.75 Å². The lowest BCUT2D eigenvalue weighted by molar-refractivity contribution is -0.146. The number of benzene rings is 1. The van der Waals surface area contributed by atoms with E-state index in [0.29, 0.717) is 37.9 Å². The molecule has 0 unspecified atom stereocenters. The van der Waals surface area contributed by atoms with Crippen molar-refractivity contribution in [3.05, 3.63) is 24.3 Å². The molecule has 1 aromatic carbocycles. The Morgan fingerprint density at radius 3 is 2.23 bits per heavy atom. The first-order chi connectivity index (χ1) is 14.3. The molecule has 0 radical (unpaired) electrons. The molecule has 1 aliphatic rings. The summed E-state index contributed by atoms with van der Waals surface area (Å²) in [5.74, 6) is 1.47. The van der Waals surface area contributed by atoms with E-state index < -0.39 is 5.60 Å². The van der Waals surface area contributed by atoms with E-state index in [0.717, 1.165) is 44.3 Å². The van der Waals surface area contributed by atoms with Crippen LogP contribution in [-0.2, 0) is 14.3 Å². The third-order valence-electron chi connectivity index (χ3n) is 5.20. The predicted octanol–water partition coefficient (Wildman–Crippen LogP) is 4.20. The fourth-order valence-corrected chi connectivity index (χ4v) is 4.04. The summed E-state index contributed by atoms with van der Waals surface area (Å²) in [5.41, 5.74) is -0.0400. The lowest BCUT2D eigenvalue weighted by atomic mass is 9.83. The van der Waals surface area contributed by atoms with Crippen LogP contribution in [0.1, 0.15) is 47.5 Å². The SMILES string of the molecule is CCOC(CC(C)C)(CC(C)C)C(=O)Nc1ccc(OCCN2CCOCC2)cc1. The van der Waals surface area contributed by atoms with Gasteiger partial charge in [0, 0.05) is 31.9 Å². The van der Waals surface area contributed by atoms with E-state index in [9.17, 15) is 4.79 Å². The van der Waals surface area contributed by atoms with Gasteiger partial charge >= 0.3 is 0 Å². The Morgan fingerprint density at radius 2 is 1.70 bits per heavy atom. The average Bonchev–Trinajstić information content (AvgIpc) is 2.69. The zero-order valence-electron chi connectivity index (χ0n) is 19.4. The lowest BCUT2D eigenvalue weighted by Gasteiger charge is -2.35. The number of amides is 1. The van der Waals surface area contributed by atoms with Gasteiger partial charge in [-0.3, -0.25) is 9.69 Å². The topological polar surface area (TPSA) is 60.0 Å². The van der Waals surface area contributed by atoms with Crippen molar-refractivity contribution < 1.29 is 19.0 Å². The summed E-state index contributed by atoms with van der Waals surface area (Å²) in [5, 5.41) is 3.07. The second-order valence-electron chi connectivity index (χ2n) is 8.90. The quantitative estimate of drug-likeness (QED) is 0.549. The summed E-state index contributed by atoms with van der Waals surface area (Å²) in [4.78, 5) is 15.6. The highest BCUT2D eigenvalue weighted by Gasteiger charge is 2.40. The highest BCUT2D eigenvalue weighted by atomic mass is 16.5. The zero-order valence-corrected chi connectivity index (χ0v) is 19.4. The molecule has 0 saturated carbocycles. The largest absolute Gasteiger partial charge is 0.492 e. The van der Waals surface area contributed by atoms with Gasteiger partial charge < -0.3 is 19.5 Å². The van der Waals surface area contributed by atoms with Gasteiger partial charge in [0.25, 0.3) is 5.91 Å². The Bertz CT molecular complexity index is 615. The van der Waals surface area contributed by atoms with Gasteiger partial charge in [-0.1, -0.05) is 27.7 Å². The van der Waals surface area contributed by atoms with Crippen molar-refractivity contribution in [1.82, 2.24) is 4.90 Å². The summed E-state index contributed by atoms with van der Waals surface area (Å²) in [7, 11) is 0. The zero-order chi connectivity index (χ0) is 22.0. The van der Waals surface area contributed by atoms with Crippen LogP contribution in [0.15, 0.2) is 24.3 Å². The van der Waals surface area contributed by atoms with Gasteiger partial charge in [-0.05, 0) is 55.9 Å². The maximum absolute atomic E-state index is 13.2. The number of rotatable bonds is 12. The van der Waals surface area contributed by atoms with Crippen molar-refractivity contribution in [1.29, 1.82) is 0 Å². The van der Waals surface area contributed by atoms with Crippen molar-refractivity contribution >= 4 is 11.6 Å². The molecule has 6 nitrogen and oxygen atoms in total. The molecule has 2 rings (SSSR count). The molecular weight excluding hydrogens is 380 g/mol. The second-order valence-corrected chi connectivity index (χ2v) is 8.90.